The number of benzene rings is 1. The molecule has 0 saturated carbocycles. The summed E-state index contributed by atoms with van der Waals surface area (Å²) in [5.41, 5.74) is 12.9. The Kier molecular flexibility index (Phi) is 3.54. The number of methoxy groups -OCH3 is 1. The minimum atomic E-state index is -0.149. The molecule has 0 aromatic heterocycles. The maximum Gasteiger partial charge on any atom is 0.0655 e. The Bertz CT molecular complexity index is 291. The van der Waals surface area contributed by atoms with Crippen LogP contribution in [0.4, 0.5) is 5.69 Å². The fourth-order valence-electron chi connectivity index (χ4n) is 1.07. The Morgan fingerprint density at radius 3 is 2.77 bits per heavy atom. The van der Waals surface area contributed by atoms with Gasteiger partial charge in [0.05, 0.1) is 23.4 Å². The third-order valence-electron chi connectivity index (χ3n) is 1.79. The van der Waals surface area contributed by atoms with Gasteiger partial charge < -0.3 is 16.2 Å². The van der Waals surface area contributed by atoms with Crippen molar-refractivity contribution in [2.75, 3.05) is 19.5 Å². The summed E-state index contributed by atoms with van der Waals surface area (Å²) in [4.78, 5) is 0. The predicted molar refractivity (Wildman–Crippen MR) is 54.7 cm³/mol. The molecule has 0 fully saturated rings. The number of anilines is 1. The van der Waals surface area contributed by atoms with Crippen molar-refractivity contribution in [3.8, 4) is 0 Å². The van der Waals surface area contributed by atoms with Crippen LogP contribution in [0.15, 0.2) is 18.2 Å². The van der Waals surface area contributed by atoms with E-state index in [4.69, 9.17) is 27.8 Å². The molecule has 0 heterocycles. The van der Waals surface area contributed by atoms with Gasteiger partial charge in [0.15, 0.2) is 0 Å². The van der Waals surface area contributed by atoms with Crippen LogP contribution in [-0.4, -0.2) is 13.7 Å². The highest BCUT2D eigenvalue weighted by molar-refractivity contribution is 6.33. The van der Waals surface area contributed by atoms with Crippen LogP contribution in [0, 0.1) is 0 Å². The van der Waals surface area contributed by atoms with Gasteiger partial charge in [-0.1, -0.05) is 17.7 Å². The van der Waals surface area contributed by atoms with Crippen molar-refractivity contribution in [2.45, 2.75) is 6.04 Å². The van der Waals surface area contributed by atoms with Crippen LogP contribution in [-0.2, 0) is 4.74 Å². The Labute approximate surface area is 82.6 Å². The maximum atomic E-state index is 5.80. The van der Waals surface area contributed by atoms with Crippen molar-refractivity contribution < 1.29 is 4.74 Å². The van der Waals surface area contributed by atoms with Gasteiger partial charge in [0, 0.05) is 7.11 Å². The molecule has 0 aliphatic heterocycles. The van der Waals surface area contributed by atoms with E-state index in [0.29, 0.717) is 17.3 Å². The number of ether oxygens (including phenoxy) is 1. The van der Waals surface area contributed by atoms with E-state index in [1.807, 2.05) is 6.07 Å². The standard InChI is InChI=1S/C9H13ClN2O/c1-13-5-9(12)6-2-3-7(10)8(11)4-6/h2-4,9H,5,11-12H2,1H3. The van der Waals surface area contributed by atoms with Gasteiger partial charge in [-0.05, 0) is 17.7 Å². The molecule has 3 nitrogen and oxygen atoms in total. The molecule has 0 radical (unpaired) electrons. The number of nitrogen functional groups attached to an aromatic ring is 1. The minimum Gasteiger partial charge on any atom is -0.398 e. The average Bonchev–Trinajstić information content (AvgIpc) is 2.10. The van der Waals surface area contributed by atoms with Crippen LogP contribution in [0.25, 0.3) is 0 Å². The first-order valence-corrected chi connectivity index (χ1v) is 4.32. The molecule has 0 bridgehead atoms. The first-order chi connectivity index (χ1) is 6.15. The van der Waals surface area contributed by atoms with Crippen LogP contribution in [0.5, 0.6) is 0 Å². The van der Waals surface area contributed by atoms with Crippen LogP contribution >= 0.6 is 11.6 Å². The second-order valence-corrected chi connectivity index (χ2v) is 3.25. The molecule has 0 aliphatic rings. The molecule has 4 heteroatoms. The summed E-state index contributed by atoms with van der Waals surface area (Å²) < 4.78 is 4.93. The van der Waals surface area contributed by atoms with Crippen molar-refractivity contribution in [1.82, 2.24) is 0 Å². The molecule has 72 valence electrons. The topological polar surface area (TPSA) is 61.3 Å². The molecule has 0 amide bonds. The lowest BCUT2D eigenvalue weighted by Gasteiger charge is -2.11. The summed E-state index contributed by atoms with van der Waals surface area (Å²) in [5.74, 6) is 0. The Morgan fingerprint density at radius 1 is 1.54 bits per heavy atom. The van der Waals surface area contributed by atoms with Crippen molar-refractivity contribution >= 4 is 17.3 Å². The summed E-state index contributed by atoms with van der Waals surface area (Å²) >= 11 is 5.77. The number of halogens is 1. The van der Waals surface area contributed by atoms with E-state index in [9.17, 15) is 0 Å². The van der Waals surface area contributed by atoms with Gasteiger partial charge in [0.25, 0.3) is 0 Å². The van der Waals surface area contributed by atoms with Gasteiger partial charge in [-0.15, -0.1) is 0 Å². The lowest BCUT2D eigenvalue weighted by molar-refractivity contribution is 0.181. The fraction of sp³-hybridized carbons (Fsp3) is 0.333. The van der Waals surface area contributed by atoms with Crippen LogP contribution in [0.3, 0.4) is 0 Å². The molecule has 13 heavy (non-hydrogen) atoms. The zero-order valence-electron chi connectivity index (χ0n) is 7.46. The zero-order chi connectivity index (χ0) is 9.84. The largest absolute Gasteiger partial charge is 0.398 e. The molecule has 0 saturated heterocycles. The van der Waals surface area contributed by atoms with Crippen molar-refractivity contribution in [3.05, 3.63) is 28.8 Å². The summed E-state index contributed by atoms with van der Waals surface area (Å²) in [5, 5.41) is 0.549. The van der Waals surface area contributed by atoms with Gasteiger partial charge in [0.1, 0.15) is 0 Å². The predicted octanol–water partition coefficient (Wildman–Crippen LogP) is 1.57. The first-order valence-electron chi connectivity index (χ1n) is 3.94. The summed E-state index contributed by atoms with van der Waals surface area (Å²) in [7, 11) is 1.61. The quantitative estimate of drug-likeness (QED) is 0.729. The molecule has 1 aromatic carbocycles. The van der Waals surface area contributed by atoms with E-state index in [2.05, 4.69) is 0 Å². The lowest BCUT2D eigenvalue weighted by Crippen LogP contribution is -2.16. The van der Waals surface area contributed by atoms with E-state index in [1.165, 1.54) is 0 Å². The average molecular weight is 201 g/mol. The molecule has 4 N–H and O–H groups in total. The normalized spacial score (nSPS) is 12.8. The number of nitrogens with two attached hydrogens (primary N) is 2. The summed E-state index contributed by atoms with van der Waals surface area (Å²) in [6.45, 7) is 0.473. The minimum absolute atomic E-state index is 0.149. The van der Waals surface area contributed by atoms with Crippen molar-refractivity contribution in [1.29, 1.82) is 0 Å². The van der Waals surface area contributed by atoms with Crippen LogP contribution in [0.2, 0.25) is 5.02 Å². The van der Waals surface area contributed by atoms with E-state index < -0.39 is 0 Å². The molecule has 0 spiro atoms. The maximum absolute atomic E-state index is 5.80. The van der Waals surface area contributed by atoms with Crippen molar-refractivity contribution in [3.63, 3.8) is 0 Å². The summed E-state index contributed by atoms with van der Waals surface area (Å²) in [6.07, 6.45) is 0. The van der Waals surface area contributed by atoms with Crippen LogP contribution < -0.4 is 11.5 Å². The third kappa shape index (κ3) is 2.59. The highest BCUT2D eigenvalue weighted by Crippen LogP contribution is 2.22. The van der Waals surface area contributed by atoms with E-state index in [-0.39, 0.29) is 6.04 Å². The zero-order valence-corrected chi connectivity index (χ0v) is 8.21. The number of hydrogen-bond donors (Lipinski definition) is 2. The second kappa shape index (κ2) is 4.46. The van der Waals surface area contributed by atoms with Gasteiger partial charge in [0.2, 0.25) is 0 Å². The highest BCUT2D eigenvalue weighted by atomic mass is 35.5. The second-order valence-electron chi connectivity index (χ2n) is 2.84. The molecule has 1 atom stereocenters. The molecule has 1 unspecified atom stereocenters. The Balaban J connectivity index is 2.84. The Hall–Kier alpha value is -0.770. The smallest absolute Gasteiger partial charge is 0.0655 e. The number of hydrogen-bond acceptors (Lipinski definition) is 3. The van der Waals surface area contributed by atoms with E-state index in [1.54, 1.807) is 19.2 Å². The highest BCUT2D eigenvalue weighted by Gasteiger charge is 2.06. The van der Waals surface area contributed by atoms with Gasteiger partial charge in [-0.2, -0.15) is 0 Å². The molecule has 0 aliphatic carbocycles. The van der Waals surface area contributed by atoms with Gasteiger partial charge >= 0.3 is 0 Å². The molecule has 1 aromatic rings. The van der Waals surface area contributed by atoms with Gasteiger partial charge in [-0.25, -0.2) is 0 Å². The van der Waals surface area contributed by atoms with Crippen molar-refractivity contribution in [2.24, 2.45) is 5.73 Å². The SMILES string of the molecule is COCC(N)c1ccc(Cl)c(N)c1. The molecular formula is C9H13ClN2O. The third-order valence-corrected chi connectivity index (χ3v) is 2.14. The molecule has 1 rings (SSSR count). The molecular weight excluding hydrogens is 188 g/mol. The number of rotatable bonds is 3. The van der Waals surface area contributed by atoms with Crippen LogP contribution in [0.1, 0.15) is 11.6 Å². The first kappa shape index (κ1) is 10.3. The Morgan fingerprint density at radius 2 is 2.23 bits per heavy atom. The fourth-order valence-corrected chi connectivity index (χ4v) is 1.19. The van der Waals surface area contributed by atoms with E-state index in [0.717, 1.165) is 5.56 Å². The lowest BCUT2D eigenvalue weighted by atomic mass is 10.1. The van der Waals surface area contributed by atoms with Gasteiger partial charge in [-0.3, -0.25) is 0 Å². The van der Waals surface area contributed by atoms with E-state index >= 15 is 0 Å². The monoisotopic (exact) mass is 200 g/mol. The summed E-state index contributed by atoms with van der Waals surface area (Å²) in [6, 6.07) is 5.21.